The Morgan fingerprint density at radius 1 is 1.29 bits per heavy atom. The number of benzene rings is 1. The first-order chi connectivity index (χ1) is 10.1. The Morgan fingerprint density at radius 3 is 2.62 bits per heavy atom. The summed E-state index contributed by atoms with van der Waals surface area (Å²) in [5, 5.41) is 10.0. The minimum atomic E-state index is 0.113. The fourth-order valence-corrected chi connectivity index (χ4v) is 3.10. The molecule has 5 nitrogen and oxygen atoms in total. The Bertz CT molecular complexity index is 483. The first-order valence-corrected chi connectivity index (χ1v) is 7.28. The van der Waals surface area contributed by atoms with E-state index in [0.717, 1.165) is 18.5 Å². The molecule has 0 aromatic heterocycles. The van der Waals surface area contributed by atoms with Crippen LogP contribution in [0.2, 0.25) is 5.02 Å². The van der Waals surface area contributed by atoms with Crippen LogP contribution in [0.25, 0.3) is 0 Å². The Balaban J connectivity index is 2.17. The molecular formula is C15H22ClNO4. The second-order valence-electron chi connectivity index (χ2n) is 5.17. The standard InChI is InChI=1S/C15H22ClNO4/c1-19-12-6-11(9-18)17(8-12)7-10-4-13(16)15(21-3)14(5-10)20-2/h4-5,11-12,18H,6-9H2,1-3H3/t11-,12-/m0/s1. The summed E-state index contributed by atoms with van der Waals surface area (Å²) in [6, 6.07) is 3.90. The molecule has 0 saturated carbocycles. The number of halogens is 1. The van der Waals surface area contributed by atoms with Gasteiger partial charge >= 0.3 is 0 Å². The topological polar surface area (TPSA) is 51.2 Å². The number of rotatable bonds is 6. The second kappa shape index (κ2) is 7.31. The van der Waals surface area contributed by atoms with Crippen molar-refractivity contribution in [3.8, 4) is 11.5 Å². The van der Waals surface area contributed by atoms with E-state index in [1.807, 2.05) is 12.1 Å². The maximum absolute atomic E-state index is 9.50. The molecule has 1 saturated heterocycles. The summed E-state index contributed by atoms with van der Waals surface area (Å²) >= 11 is 6.23. The maximum atomic E-state index is 9.50. The zero-order chi connectivity index (χ0) is 15.4. The Hall–Kier alpha value is -1.01. The number of likely N-dealkylation sites (tertiary alicyclic amines) is 1. The second-order valence-corrected chi connectivity index (χ2v) is 5.58. The van der Waals surface area contributed by atoms with Gasteiger partial charge in [-0.1, -0.05) is 11.6 Å². The lowest BCUT2D eigenvalue weighted by Gasteiger charge is -2.23. The molecule has 1 aromatic carbocycles. The van der Waals surface area contributed by atoms with Crippen LogP contribution in [0.5, 0.6) is 11.5 Å². The van der Waals surface area contributed by atoms with E-state index in [0.29, 0.717) is 23.1 Å². The molecule has 1 heterocycles. The highest BCUT2D eigenvalue weighted by molar-refractivity contribution is 6.32. The number of hydrogen-bond acceptors (Lipinski definition) is 5. The summed E-state index contributed by atoms with van der Waals surface area (Å²) in [5.41, 5.74) is 1.02. The average Bonchev–Trinajstić information content (AvgIpc) is 2.88. The normalized spacial score (nSPS) is 22.5. The summed E-state index contributed by atoms with van der Waals surface area (Å²) in [5.74, 6) is 1.15. The van der Waals surface area contributed by atoms with E-state index in [9.17, 15) is 5.11 Å². The van der Waals surface area contributed by atoms with Gasteiger partial charge in [0.25, 0.3) is 0 Å². The van der Waals surface area contributed by atoms with Crippen LogP contribution < -0.4 is 9.47 Å². The van der Waals surface area contributed by atoms with E-state index in [2.05, 4.69) is 4.90 Å². The third-order valence-corrected chi connectivity index (χ3v) is 4.19. The molecule has 0 spiro atoms. The molecule has 6 heteroatoms. The summed E-state index contributed by atoms with van der Waals surface area (Å²) in [4.78, 5) is 2.20. The van der Waals surface area contributed by atoms with Crippen LogP contribution in [-0.2, 0) is 11.3 Å². The lowest BCUT2D eigenvalue weighted by molar-refractivity contribution is 0.107. The van der Waals surface area contributed by atoms with E-state index in [1.54, 1.807) is 21.3 Å². The van der Waals surface area contributed by atoms with Crippen molar-refractivity contribution in [2.24, 2.45) is 0 Å². The van der Waals surface area contributed by atoms with Gasteiger partial charge < -0.3 is 19.3 Å². The van der Waals surface area contributed by atoms with Crippen LogP contribution in [0.15, 0.2) is 12.1 Å². The summed E-state index contributed by atoms with van der Waals surface area (Å²) in [7, 11) is 4.86. The Labute approximate surface area is 130 Å². The van der Waals surface area contributed by atoms with Gasteiger partial charge in [-0.15, -0.1) is 0 Å². The van der Waals surface area contributed by atoms with Crippen LogP contribution in [0.3, 0.4) is 0 Å². The molecule has 0 bridgehead atoms. The minimum Gasteiger partial charge on any atom is -0.493 e. The van der Waals surface area contributed by atoms with Gasteiger partial charge in [-0.2, -0.15) is 0 Å². The van der Waals surface area contributed by atoms with Gasteiger partial charge in [0.15, 0.2) is 11.5 Å². The molecule has 21 heavy (non-hydrogen) atoms. The lowest BCUT2D eigenvalue weighted by Crippen LogP contribution is -2.31. The molecule has 2 rings (SSSR count). The Morgan fingerprint density at radius 2 is 2.05 bits per heavy atom. The van der Waals surface area contributed by atoms with E-state index in [-0.39, 0.29) is 18.8 Å². The molecule has 1 aliphatic heterocycles. The van der Waals surface area contributed by atoms with Gasteiger partial charge in [-0.25, -0.2) is 0 Å². The van der Waals surface area contributed by atoms with E-state index in [4.69, 9.17) is 25.8 Å². The molecule has 0 unspecified atom stereocenters. The van der Waals surface area contributed by atoms with Crippen molar-refractivity contribution in [3.63, 3.8) is 0 Å². The first-order valence-electron chi connectivity index (χ1n) is 6.91. The van der Waals surface area contributed by atoms with Gasteiger partial charge in [0.1, 0.15) is 0 Å². The van der Waals surface area contributed by atoms with Crippen LogP contribution in [-0.4, -0.2) is 56.6 Å². The number of nitrogens with zero attached hydrogens (tertiary/aromatic N) is 1. The van der Waals surface area contributed by atoms with Crippen molar-refractivity contribution in [2.75, 3.05) is 34.5 Å². The van der Waals surface area contributed by atoms with Crippen LogP contribution >= 0.6 is 11.6 Å². The number of aliphatic hydroxyl groups is 1. The third kappa shape index (κ3) is 3.61. The molecule has 1 aliphatic rings. The number of methoxy groups -OCH3 is 3. The van der Waals surface area contributed by atoms with Gasteiger partial charge in [0.05, 0.1) is 32.0 Å². The average molecular weight is 316 g/mol. The molecule has 0 radical (unpaired) electrons. The van der Waals surface area contributed by atoms with Crippen molar-refractivity contribution in [1.29, 1.82) is 0 Å². The summed E-state index contributed by atoms with van der Waals surface area (Å²) in [6.07, 6.45) is 1.01. The molecule has 1 aromatic rings. The zero-order valence-electron chi connectivity index (χ0n) is 12.6. The van der Waals surface area contributed by atoms with E-state index >= 15 is 0 Å². The number of hydrogen-bond donors (Lipinski definition) is 1. The molecular weight excluding hydrogens is 294 g/mol. The molecule has 118 valence electrons. The van der Waals surface area contributed by atoms with Crippen molar-refractivity contribution < 1.29 is 19.3 Å². The van der Waals surface area contributed by atoms with Crippen molar-refractivity contribution >= 4 is 11.6 Å². The number of aliphatic hydroxyl groups excluding tert-OH is 1. The lowest BCUT2D eigenvalue weighted by atomic mass is 10.1. The predicted molar refractivity (Wildman–Crippen MR) is 81.3 cm³/mol. The zero-order valence-corrected chi connectivity index (χ0v) is 13.4. The highest BCUT2D eigenvalue weighted by Crippen LogP contribution is 2.36. The van der Waals surface area contributed by atoms with Crippen molar-refractivity contribution in [1.82, 2.24) is 4.90 Å². The molecule has 2 atom stereocenters. The highest BCUT2D eigenvalue weighted by Gasteiger charge is 2.31. The summed E-state index contributed by atoms with van der Waals surface area (Å²) in [6.45, 7) is 1.61. The van der Waals surface area contributed by atoms with E-state index in [1.165, 1.54) is 0 Å². The third-order valence-electron chi connectivity index (χ3n) is 3.91. The van der Waals surface area contributed by atoms with Crippen LogP contribution in [0.1, 0.15) is 12.0 Å². The van der Waals surface area contributed by atoms with Crippen molar-refractivity contribution in [3.05, 3.63) is 22.7 Å². The SMILES string of the molecule is COc1cc(CN2C[C@@H](OC)C[C@H]2CO)cc(Cl)c1OC. The predicted octanol–water partition coefficient (Wildman–Crippen LogP) is 1.94. The Kier molecular flexibility index (Phi) is 5.70. The fourth-order valence-electron chi connectivity index (χ4n) is 2.79. The minimum absolute atomic E-state index is 0.113. The van der Waals surface area contributed by atoms with Gasteiger partial charge in [0, 0.05) is 26.2 Å². The van der Waals surface area contributed by atoms with Gasteiger partial charge in [-0.05, 0) is 24.1 Å². The van der Waals surface area contributed by atoms with Crippen LogP contribution in [0.4, 0.5) is 0 Å². The highest BCUT2D eigenvalue weighted by atomic mass is 35.5. The monoisotopic (exact) mass is 315 g/mol. The summed E-state index contributed by atoms with van der Waals surface area (Å²) < 4.78 is 15.9. The van der Waals surface area contributed by atoms with Gasteiger partial charge in [-0.3, -0.25) is 4.90 Å². The molecule has 1 N–H and O–H groups in total. The smallest absolute Gasteiger partial charge is 0.179 e. The molecule has 1 fully saturated rings. The van der Waals surface area contributed by atoms with Crippen LogP contribution in [0, 0.1) is 0 Å². The van der Waals surface area contributed by atoms with Crippen molar-refractivity contribution in [2.45, 2.75) is 25.1 Å². The molecule has 0 aliphatic carbocycles. The number of ether oxygens (including phenoxy) is 3. The maximum Gasteiger partial charge on any atom is 0.179 e. The fraction of sp³-hybridized carbons (Fsp3) is 0.600. The first kappa shape index (κ1) is 16.4. The van der Waals surface area contributed by atoms with E-state index < -0.39 is 0 Å². The molecule has 0 amide bonds. The van der Waals surface area contributed by atoms with Gasteiger partial charge in [0.2, 0.25) is 0 Å². The largest absolute Gasteiger partial charge is 0.493 e. The quantitative estimate of drug-likeness (QED) is 0.869.